The smallest absolute Gasteiger partial charge is 2.00 e. The molecule has 0 aliphatic rings. The molecular formula is H4Mg2O5Si+2. The zero-order valence-electron chi connectivity index (χ0n) is 4.11. The van der Waals surface area contributed by atoms with Crippen molar-refractivity contribution in [1.82, 2.24) is 0 Å². The number of hydrogen-bond acceptors (Lipinski definition) is 4. The molecule has 0 unspecified atom stereocenters. The SMILES string of the molecule is O[Si](O)(O)O.[Mg+2].[Mg+2].[O-2]. The van der Waals surface area contributed by atoms with E-state index in [1.807, 2.05) is 0 Å². The van der Waals surface area contributed by atoms with Gasteiger partial charge in [-0.3, -0.25) is 0 Å². The molecule has 0 atom stereocenters. The van der Waals surface area contributed by atoms with Gasteiger partial charge in [-0.1, -0.05) is 0 Å². The molecule has 0 fully saturated rings. The minimum atomic E-state index is -4.61. The zero-order chi connectivity index (χ0) is 4.50. The van der Waals surface area contributed by atoms with E-state index < -0.39 is 9.05 Å². The van der Waals surface area contributed by atoms with E-state index in [0.717, 1.165) is 0 Å². The molecular weight excluding hydrogens is 157 g/mol. The van der Waals surface area contributed by atoms with Gasteiger partial charge in [-0.15, -0.1) is 0 Å². The molecule has 5 nitrogen and oxygen atoms in total. The van der Waals surface area contributed by atoms with Crippen molar-refractivity contribution in [1.29, 1.82) is 0 Å². The summed E-state index contributed by atoms with van der Waals surface area (Å²) in [5.41, 5.74) is 0. The summed E-state index contributed by atoms with van der Waals surface area (Å²) in [4.78, 5) is 29.3. The van der Waals surface area contributed by atoms with Gasteiger partial charge in [-0.25, -0.2) is 0 Å². The van der Waals surface area contributed by atoms with E-state index in [1.54, 1.807) is 0 Å². The van der Waals surface area contributed by atoms with Gasteiger partial charge in [0.2, 0.25) is 0 Å². The van der Waals surface area contributed by atoms with Crippen LogP contribution in [0.25, 0.3) is 0 Å². The van der Waals surface area contributed by atoms with Crippen LogP contribution in [0.3, 0.4) is 0 Å². The van der Waals surface area contributed by atoms with Gasteiger partial charge in [0.05, 0.1) is 0 Å². The van der Waals surface area contributed by atoms with Gasteiger partial charge in [0.15, 0.2) is 0 Å². The molecule has 0 amide bonds. The monoisotopic (exact) mass is 160 g/mol. The topological polar surface area (TPSA) is 109 Å². The van der Waals surface area contributed by atoms with Crippen LogP contribution in [0.5, 0.6) is 0 Å². The third-order valence-corrected chi connectivity index (χ3v) is 0. The van der Waals surface area contributed by atoms with Crippen LogP contribution in [0, 0.1) is 0 Å². The molecule has 0 heterocycles. The Morgan fingerprint density at radius 1 is 0.750 bits per heavy atom. The van der Waals surface area contributed by atoms with Gasteiger partial charge < -0.3 is 24.7 Å². The van der Waals surface area contributed by atoms with Crippen LogP contribution < -0.4 is 0 Å². The predicted molar refractivity (Wildman–Crippen MR) is 26.8 cm³/mol. The van der Waals surface area contributed by atoms with Crippen LogP contribution in [-0.2, 0) is 5.48 Å². The molecule has 4 N–H and O–H groups in total. The van der Waals surface area contributed by atoms with E-state index >= 15 is 0 Å². The second kappa shape index (κ2) is 8.55. The quantitative estimate of drug-likeness (QED) is 0.276. The fourth-order valence-electron chi connectivity index (χ4n) is 0. The molecule has 0 rings (SSSR count). The van der Waals surface area contributed by atoms with Crippen LogP contribution in [-0.4, -0.2) is 74.3 Å². The molecule has 8 heavy (non-hydrogen) atoms. The molecule has 0 aromatic rings. The molecule has 0 saturated heterocycles. The zero-order valence-corrected chi connectivity index (χ0v) is 7.94. The maximum Gasteiger partial charge on any atom is 2.00 e. The number of rotatable bonds is 0. The van der Waals surface area contributed by atoms with Crippen molar-refractivity contribution in [2.75, 3.05) is 0 Å². The Hall–Kier alpha value is 1.55. The largest absolute Gasteiger partial charge is 2.00 e. The van der Waals surface area contributed by atoms with Crippen LogP contribution in [0.1, 0.15) is 0 Å². The van der Waals surface area contributed by atoms with Crippen LogP contribution in [0.15, 0.2) is 0 Å². The normalized spacial score (nSPS) is 7.50. The van der Waals surface area contributed by atoms with Crippen molar-refractivity contribution >= 4 is 55.2 Å². The second-order valence-electron chi connectivity index (χ2n) is 0.600. The summed E-state index contributed by atoms with van der Waals surface area (Å²) in [6.07, 6.45) is 0. The van der Waals surface area contributed by atoms with Crippen molar-refractivity contribution in [3.8, 4) is 0 Å². The molecule has 0 spiro atoms. The van der Waals surface area contributed by atoms with Crippen LogP contribution in [0.4, 0.5) is 0 Å². The Morgan fingerprint density at radius 2 is 0.750 bits per heavy atom. The summed E-state index contributed by atoms with van der Waals surface area (Å²) in [5, 5.41) is 0. The first-order valence-electron chi connectivity index (χ1n) is 0.894. The molecule has 8 heteroatoms. The molecule has 0 bridgehead atoms. The maximum atomic E-state index is 7.33. The van der Waals surface area contributed by atoms with E-state index in [2.05, 4.69) is 0 Å². The van der Waals surface area contributed by atoms with Crippen molar-refractivity contribution < 1.29 is 24.7 Å². The van der Waals surface area contributed by atoms with E-state index in [-0.39, 0.29) is 51.6 Å². The first-order valence-corrected chi connectivity index (χ1v) is 2.68. The first-order chi connectivity index (χ1) is 2.00. The molecule has 40 valence electrons. The predicted octanol–water partition coefficient (Wildman–Crippen LogP) is -3.49. The summed E-state index contributed by atoms with van der Waals surface area (Å²) in [7, 11) is -4.61. The molecule has 0 saturated carbocycles. The van der Waals surface area contributed by atoms with Gasteiger partial charge in [-0.05, 0) is 0 Å². The van der Waals surface area contributed by atoms with E-state index in [0.29, 0.717) is 0 Å². The molecule has 0 aliphatic heterocycles. The Balaban J connectivity index is -0.0000000267. The van der Waals surface area contributed by atoms with Gasteiger partial charge in [-0.2, -0.15) is 0 Å². The van der Waals surface area contributed by atoms with E-state index in [1.165, 1.54) is 0 Å². The molecule has 0 radical (unpaired) electrons. The summed E-state index contributed by atoms with van der Waals surface area (Å²) >= 11 is 0. The summed E-state index contributed by atoms with van der Waals surface area (Å²) in [5.74, 6) is 0. The maximum absolute atomic E-state index is 7.33. The Morgan fingerprint density at radius 3 is 0.750 bits per heavy atom. The standard InChI is InChI=1S/2Mg.H4O4Si.O/c;;1-5(2,3)4;/h;;1-4H;/q2*+2;;-2. The Bertz CT molecular complexity index is 25.9. The number of hydrogen-bond donors (Lipinski definition) is 4. The molecule has 0 aliphatic carbocycles. The van der Waals surface area contributed by atoms with Gasteiger partial charge in [0.25, 0.3) is 0 Å². The summed E-state index contributed by atoms with van der Waals surface area (Å²) in [6, 6.07) is 0. The fourth-order valence-corrected chi connectivity index (χ4v) is 0. The summed E-state index contributed by atoms with van der Waals surface area (Å²) in [6.45, 7) is 0. The van der Waals surface area contributed by atoms with Crippen molar-refractivity contribution in [3.63, 3.8) is 0 Å². The average Bonchev–Trinajstić information content (AvgIpc) is 0.722. The van der Waals surface area contributed by atoms with Crippen LogP contribution >= 0.6 is 0 Å². The van der Waals surface area contributed by atoms with Gasteiger partial charge >= 0.3 is 55.2 Å². The summed E-state index contributed by atoms with van der Waals surface area (Å²) < 4.78 is 0. The Kier molecular flexibility index (Phi) is 24.2. The van der Waals surface area contributed by atoms with E-state index in [9.17, 15) is 0 Å². The first kappa shape index (κ1) is 22.7. The van der Waals surface area contributed by atoms with Gasteiger partial charge in [0.1, 0.15) is 0 Å². The van der Waals surface area contributed by atoms with Gasteiger partial charge in [0, 0.05) is 0 Å². The Labute approximate surface area is 79.4 Å². The van der Waals surface area contributed by atoms with Crippen molar-refractivity contribution in [2.24, 2.45) is 0 Å². The second-order valence-corrected chi connectivity index (χ2v) is 1.80. The van der Waals surface area contributed by atoms with Crippen molar-refractivity contribution in [2.45, 2.75) is 0 Å². The van der Waals surface area contributed by atoms with Crippen LogP contribution in [0.2, 0.25) is 0 Å². The van der Waals surface area contributed by atoms with E-state index in [4.69, 9.17) is 19.2 Å². The molecule has 0 aromatic carbocycles. The van der Waals surface area contributed by atoms with Crippen molar-refractivity contribution in [3.05, 3.63) is 0 Å². The minimum Gasteiger partial charge on any atom is -2.00 e. The third-order valence-electron chi connectivity index (χ3n) is 0. The minimum absolute atomic E-state index is 0. The molecule has 0 aromatic heterocycles. The average molecular weight is 161 g/mol. The fraction of sp³-hybridized carbons (Fsp3) is 0. The third kappa shape index (κ3) is 135.